The Kier molecular flexibility index (Phi) is 4.42. The molecule has 4 rings (SSSR count). The van der Waals surface area contributed by atoms with Crippen LogP contribution in [0.4, 0.5) is 11.5 Å². The van der Waals surface area contributed by atoms with Crippen LogP contribution in [-0.4, -0.2) is 15.8 Å². The summed E-state index contributed by atoms with van der Waals surface area (Å²) in [4.78, 5) is 26.5. The molecule has 1 saturated carbocycles. The monoisotopic (exact) mass is 561 g/mol. The third-order valence-electron chi connectivity index (χ3n) is 4.99. The maximum Gasteiger partial charge on any atom is 0.478 e. The van der Waals surface area contributed by atoms with E-state index in [-0.39, 0.29) is 11.5 Å². The molecule has 6 nitrogen and oxygen atoms in total. The van der Waals surface area contributed by atoms with Gasteiger partial charge in [0.2, 0.25) is 0 Å². The summed E-state index contributed by atoms with van der Waals surface area (Å²) in [7, 11) is 0. The standard InChI is InChI=1S/C17H13I2N3O3/c18-12-4-3-10(6-13(12)19)21-16-15-9-2-1-8(5-9)14(15)11(7-20-16)17(23)22(24)25/h3-4,6-9H,1-2,5H2,(H,20,21). The number of nitro groups is 1. The number of hydrogen-bond donors (Lipinski definition) is 1. The van der Waals surface area contributed by atoms with E-state index in [0.717, 1.165) is 45.5 Å². The van der Waals surface area contributed by atoms with Crippen molar-refractivity contribution in [3.63, 3.8) is 0 Å². The number of nitrogens with zero attached hydrogens (tertiary/aromatic N) is 2. The quantitative estimate of drug-likeness (QED) is 0.331. The normalized spacial score (nSPS) is 20.4. The molecule has 2 aliphatic carbocycles. The Labute approximate surface area is 171 Å². The molecule has 1 aromatic heterocycles. The Balaban J connectivity index is 1.79. The zero-order chi connectivity index (χ0) is 17.7. The van der Waals surface area contributed by atoms with Gasteiger partial charge in [-0.1, -0.05) is 0 Å². The molecule has 0 saturated heterocycles. The molecular formula is C17H13I2N3O3. The first-order chi connectivity index (χ1) is 12.0. The van der Waals surface area contributed by atoms with Crippen LogP contribution >= 0.6 is 45.2 Å². The molecule has 1 fully saturated rings. The maximum atomic E-state index is 12.0. The van der Waals surface area contributed by atoms with Crippen LogP contribution in [0.15, 0.2) is 24.4 Å². The summed E-state index contributed by atoms with van der Waals surface area (Å²) in [6.07, 6.45) is 4.36. The summed E-state index contributed by atoms with van der Waals surface area (Å²) in [5.41, 5.74) is 2.93. The van der Waals surface area contributed by atoms with Crippen LogP contribution in [0.2, 0.25) is 0 Å². The van der Waals surface area contributed by atoms with Gasteiger partial charge in [0, 0.05) is 24.6 Å². The lowest BCUT2D eigenvalue weighted by Gasteiger charge is -2.20. The van der Waals surface area contributed by atoms with E-state index in [1.165, 1.54) is 9.77 Å². The van der Waals surface area contributed by atoms with Gasteiger partial charge in [-0.05, 0) is 100 Å². The van der Waals surface area contributed by atoms with Crippen molar-refractivity contribution in [1.29, 1.82) is 0 Å². The fourth-order valence-electron chi connectivity index (χ4n) is 3.98. The molecule has 0 aliphatic heterocycles. The fourth-order valence-corrected chi connectivity index (χ4v) is 4.83. The molecule has 128 valence electrons. The highest BCUT2D eigenvalue weighted by molar-refractivity contribution is 14.1. The highest BCUT2D eigenvalue weighted by Gasteiger charge is 2.43. The minimum Gasteiger partial charge on any atom is -0.340 e. The topological polar surface area (TPSA) is 85.1 Å². The van der Waals surface area contributed by atoms with E-state index in [1.54, 1.807) is 0 Å². The van der Waals surface area contributed by atoms with Crippen LogP contribution in [0.5, 0.6) is 0 Å². The van der Waals surface area contributed by atoms with Crippen molar-refractivity contribution in [1.82, 2.24) is 4.98 Å². The summed E-state index contributed by atoms with van der Waals surface area (Å²) in [6.45, 7) is 0. The first-order valence-corrected chi connectivity index (χ1v) is 10.0. The number of benzene rings is 1. The van der Waals surface area contributed by atoms with Gasteiger partial charge in [-0.25, -0.2) is 9.78 Å². The Morgan fingerprint density at radius 3 is 2.60 bits per heavy atom. The van der Waals surface area contributed by atoms with E-state index >= 15 is 0 Å². The van der Waals surface area contributed by atoms with Crippen molar-refractivity contribution in [2.24, 2.45) is 0 Å². The lowest BCUT2D eigenvalue weighted by atomic mass is 9.89. The van der Waals surface area contributed by atoms with E-state index < -0.39 is 10.8 Å². The van der Waals surface area contributed by atoms with Crippen LogP contribution in [0, 0.1) is 17.3 Å². The highest BCUT2D eigenvalue weighted by atomic mass is 127. The SMILES string of the molecule is O=C(c1cnc(Nc2ccc(I)c(I)c2)c2c1C1CCC2C1)[N+](=O)[O-]. The lowest BCUT2D eigenvalue weighted by Crippen LogP contribution is -2.17. The molecule has 1 aromatic carbocycles. The number of hydrogen-bond acceptors (Lipinski definition) is 5. The van der Waals surface area contributed by atoms with E-state index in [1.807, 2.05) is 18.2 Å². The van der Waals surface area contributed by atoms with E-state index in [4.69, 9.17) is 0 Å². The Hall–Kier alpha value is -1.30. The van der Waals surface area contributed by atoms with Gasteiger partial charge in [-0.3, -0.25) is 10.1 Å². The number of fused-ring (bicyclic) bond motifs is 5. The first kappa shape index (κ1) is 17.1. The third-order valence-corrected chi connectivity index (χ3v) is 7.85. The van der Waals surface area contributed by atoms with E-state index in [2.05, 4.69) is 55.5 Å². The number of anilines is 2. The van der Waals surface area contributed by atoms with E-state index in [9.17, 15) is 14.9 Å². The van der Waals surface area contributed by atoms with Crippen molar-refractivity contribution in [3.05, 3.63) is 58.3 Å². The number of aromatic nitrogens is 1. The Bertz CT molecular complexity index is 916. The average Bonchev–Trinajstić information content (AvgIpc) is 3.20. The predicted octanol–water partition coefficient (Wildman–Crippen LogP) is 4.82. The molecule has 8 heteroatoms. The minimum atomic E-state index is -1.05. The number of carbonyl (C=O) groups excluding carboxylic acids is 1. The number of amides is 1. The third kappa shape index (κ3) is 2.92. The molecule has 0 radical (unpaired) electrons. The average molecular weight is 561 g/mol. The zero-order valence-electron chi connectivity index (χ0n) is 13.0. The molecule has 1 heterocycles. The molecule has 0 spiro atoms. The molecule has 2 unspecified atom stereocenters. The van der Waals surface area contributed by atoms with Crippen molar-refractivity contribution in [2.75, 3.05) is 5.32 Å². The second-order valence-electron chi connectivity index (χ2n) is 6.37. The summed E-state index contributed by atoms with van der Waals surface area (Å²) in [5.74, 6) is 0.238. The second-order valence-corrected chi connectivity index (χ2v) is 8.70. The largest absolute Gasteiger partial charge is 0.478 e. The van der Waals surface area contributed by atoms with Gasteiger partial charge in [0.05, 0.1) is 0 Å². The maximum absolute atomic E-state index is 12.0. The molecular weight excluding hydrogens is 548 g/mol. The van der Waals surface area contributed by atoms with Crippen molar-refractivity contribution < 1.29 is 9.72 Å². The highest BCUT2D eigenvalue weighted by Crippen LogP contribution is 2.56. The lowest BCUT2D eigenvalue weighted by molar-refractivity contribution is -0.375. The minimum absolute atomic E-state index is 0.162. The van der Waals surface area contributed by atoms with Crippen molar-refractivity contribution in [2.45, 2.75) is 31.1 Å². The Morgan fingerprint density at radius 2 is 1.92 bits per heavy atom. The summed E-state index contributed by atoms with van der Waals surface area (Å²) >= 11 is 4.56. The van der Waals surface area contributed by atoms with Crippen molar-refractivity contribution in [3.8, 4) is 0 Å². The van der Waals surface area contributed by atoms with Gasteiger partial charge < -0.3 is 5.32 Å². The first-order valence-electron chi connectivity index (χ1n) is 7.89. The zero-order valence-corrected chi connectivity index (χ0v) is 17.3. The molecule has 2 atom stereocenters. The van der Waals surface area contributed by atoms with Crippen LogP contribution < -0.4 is 5.32 Å². The van der Waals surface area contributed by atoms with Gasteiger partial charge in [-0.2, -0.15) is 0 Å². The molecule has 1 amide bonds. The van der Waals surface area contributed by atoms with Gasteiger partial charge in [0.25, 0.3) is 0 Å². The molecule has 2 aromatic rings. The van der Waals surface area contributed by atoms with Gasteiger partial charge >= 0.3 is 5.91 Å². The van der Waals surface area contributed by atoms with Crippen LogP contribution in [0.25, 0.3) is 0 Å². The molecule has 25 heavy (non-hydrogen) atoms. The van der Waals surface area contributed by atoms with Crippen molar-refractivity contribution >= 4 is 62.6 Å². The summed E-state index contributed by atoms with van der Waals surface area (Å²) < 4.78 is 2.31. The number of carbonyl (C=O) groups is 1. The summed E-state index contributed by atoms with van der Waals surface area (Å²) in [5, 5.41) is 14.3. The summed E-state index contributed by atoms with van der Waals surface area (Å²) in [6, 6.07) is 6.06. The number of rotatable bonds is 3. The van der Waals surface area contributed by atoms with Crippen LogP contribution in [0.1, 0.15) is 52.6 Å². The number of halogens is 2. The molecule has 1 N–H and O–H groups in total. The van der Waals surface area contributed by atoms with Crippen LogP contribution in [-0.2, 0) is 0 Å². The van der Waals surface area contributed by atoms with E-state index in [0.29, 0.717) is 5.92 Å². The second kappa shape index (κ2) is 6.45. The number of nitrogens with one attached hydrogen (secondary N) is 1. The predicted molar refractivity (Wildman–Crippen MR) is 110 cm³/mol. The van der Waals surface area contributed by atoms with Gasteiger partial charge in [0.15, 0.2) is 0 Å². The van der Waals surface area contributed by atoms with Gasteiger partial charge in [-0.15, -0.1) is 0 Å². The van der Waals surface area contributed by atoms with Crippen LogP contribution in [0.3, 0.4) is 0 Å². The smallest absolute Gasteiger partial charge is 0.340 e. The fraction of sp³-hybridized carbons (Fsp3) is 0.294. The molecule has 2 bridgehead atoms. The number of pyridine rings is 1. The van der Waals surface area contributed by atoms with Gasteiger partial charge in [0.1, 0.15) is 16.3 Å². The Morgan fingerprint density at radius 1 is 1.20 bits per heavy atom. The molecule has 2 aliphatic rings.